The predicted molar refractivity (Wildman–Crippen MR) is 107 cm³/mol. The number of thiophene rings is 1. The Balaban J connectivity index is 1.74. The van der Waals surface area contributed by atoms with E-state index in [1.165, 1.54) is 16.0 Å². The van der Waals surface area contributed by atoms with Gasteiger partial charge < -0.3 is 10.1 Å². The molecule has 1 aliphatic heterocycles. The molecule has 0 bridgehead atoms. The van der Waals surface area contributed by atoms with Gasteiger partial charge in [0.25, 0.3) is 0 Å². The smallest absolute Gasteiger partial charge is 0.225 e. The number of amides is 1. The molecule has 132 valence electrons. The van der Waals surface area contributed by atoms with Gasteiger partial charge in [0.2, 0.25) is 5.91 Å². The van der Waals surface area contributed by atoms with Crippen molar-refractivity contribution in [2.75, 3.05) is 12.4 Å². The summed E-state index contributed by atoms with van der Waals surface area (Å²) < 4.78 is 5.24. The third kappa shape index (κ3) is 3.01. The zero-order valence-corrected chi connectivity index (χ0v) is 15.7. The van der Waals surface area contributed by atoms with Gasteiger partial charge in [-0.1, -0.05) is 43.3 Å². The molecule has 0 aliphatic carbocycles. The maximum Gasteiger partial charge on any atom is 0.225 e. The van der Waals surface area contributed by atoms with Gasteiger partial charge in [-0.2, -0.15) is 0 Å². The molecular weight excluding hydrogens is 342 g/mol. The molecule has 26 heavy (non-hydrogen) atoms. The Labute approximate surface area is 157 Å². The second-order valence-electron chi connectivity index (χ2n) is 6.52. The molecule has 0 radical (unpaired) electrons. The van der Waals surface area contributed by atoms with Gasteiger partial charge in [-0.3, -0.25) is 4.79 Å². The minimum atomic E-state index is 0.0789. The maximum absolute atomic E-state index is 12.4. The number of aryl methyl sites for hydroxylation is 1. The van der Waals surface area contributed by atoms with Crippen LogP contribution in [0.25, 0.3) is 11.1 Å². The molecule has 1 aromatic heterocycles. The molecule has 1 atom stereocenters. The highest BCUT2D eigenvalue weighted by Gasteiger charge is 2.30. The number of methoxy groups -OCH3 is 1. The summed E-state index contributed by atoms with van der Waals surface area (Å²) in [7, 11) is 1.66. The van der Waals surface area contributed by atoms with Gasteiger partial charge in [0.1, 0.15) is 5.75 Å². The number of carbonyl (C=O) groups excluding carboxylic acids is 1. The first-order valence-corrected chi connectivity index (χ1v) is 9.72. The molecule has 4 rings (SSSR count). The third-order valence-corrected chi connectivity index (χ3v) is 6.08. The van der Waals surface area contributed by atoms with Crippen molar-refractivity contribution in [3.05, 3.63) is 69.9 Å². The average molecular weight is 363 g/mol. The lowest BCUT2D eigenvalue weighted by Crippen LogP contribution is -2.22. The molecule has 0 spiro atoms. The van der Waals surface area contributed by atoms with Crippen molar-refractivity contribution < 1.29 is 9.53 Å². The molecule has 0 saturated heterocycles. The summed E-state index contributed by atoms with van der Waals surface area (Å²) in [4.78, 5) is 13.6. The van der Waals surface area contributed by atoms with Gasteiger partial charge in [0, 0.05) is 28.2 Å². The number of rotatable bonds is 4. The van der Waals surface area contributed by atoms with Crippen LogP contribution in [0.1, 0.15) is 35.3 Å². The molecule has 4 heteroatoms. The molecule has 2 aromatic carbocycles. The van der Waals surface area contributed by atoms with E-state index < -0.39 is 0 Å². The zero-order chi connectivity index (χ0) is 18.1. The van der Waals surface area contributed by atoms with Crippen molar-refractivity contribution in [3.8, 4) is 16.9 Å². The molecule has 1 N–H and O–H groups in total. The number of fused-ring (bicyclic) bond motifs is 1. The lowest BCUT2D eigenvalue weighted by atomic mass is 9.88. The molecule has 2 heterocycles. The summed E-state index contributed by atoms with van der Waals surface area (Å²) >= 11 is 1.73. The van der Waals surface area contributed by atoms with Crippen LogP contribution in [0.2, 0.25) is 0 Å². The van der Waals surface area contributed by atoms with Gasteiger partial charge in [-0.15, -0.1) is 11.3 Å². The quantitative estimate of drug-likeness (QED) is 0.668. The topological polar surface area (TPSA) is 38.3 Å². The maximum atomic E-state index is 12.4. The van der Waals surface area contributed by atoms with Gasteiger partial charge >= 0.3 is 0 Å². The monoisotopic (exact) mass is 363 g/mol. The highest BCUT2D eigenvalue weighted by molar-refractivity contribution is 7.11. The number of benzene rings is 2. The summed E-state index contributed by atoms with van der Waals surface area (Å²) in [6.45, 7) is 2.15. The first-order valence-electron chi connectivity index (χ1n) is 8.84. The van der Waals surface area contributed by atoms with Crippen molar-refractivity contribution in [1.29, 1.82) is 0 Å². The highest BCUT2D eigenvalue weighted by atomic mass is 32.1. The van der Waals surface area contributed by atoms with Crippen LogP contribution in [-0.4, -0.2) is 13.0 Å². The molecular formula is C22H21NO2S. The summed E-state index contributed by atoms with van der Waals surface area (Å²) in [5, 5.41) is 5.24. The van der Waals surface area contributed by atoms with Gasteiger partial charge in [-0.05, 0) is 35.2 Å². The van der Waals surface area contributed by atoms with Crippen molar-refractivity contribution in [2.45, 2.75) is 25.7 Å². The Morgan fingerprint density at radius 3 is 2.50 bits per heavy atom. The zero-order valence-electron chi connectivity index (χ0n) is 14.9. The molecule has 1 aliphatic rings. The standard InChI is InChI=1S/C22H21NO2S/c1-3-14-4-6-15(7-5-14)18-12-20(24)23-21-19(13-26-22(18)21)16-8-10-17(25-2)11-9-16/h4-11,13,18H,3,12H2,1-2H3,(H,23,24)/t18-/m1/s1. The van der Waals surface area contributed by atoms with Crippen LogP contribution in [0, 0.1) is 0 Å². The van der Waals surface area contributed by atoms with Gasteiger partial charge in [0.05, 0.1) is 12.8 Å². The van der Waals surface area contributed by atoms with Crippen molar-refractivity contribution in [2.24, 2.45) is 0 Å². The fourth-order valence-electron chi connectivity index (χ4n) is 3.46. The highest BCUT2D eigenvalue weighted by Crippen LogP contribution is 2.46. The summed E-state index contributed by atoms with van der Waals surface area (Å²) in [6.07, 6.45) is 1.53. The van der Waals surface area contributed by atoms with E-state index >= 15 is 0 Å². The third-order valence-electron chi connectivity index (χ3n) is 4.98. The second-order valence-corrected chi connectivity index (χ2v) is 7.43. The van der Waals surface area contributed by atoms with Crippen LogP contribution in [0.15, 0.2) is 53.9 Å². The Bertz CT molecular complexity index is 926. The number of hydrogen-bond donors (Lipinski definition) is 1. The molecule has 0 saturated carbocycles. The van der Waals surface area contributed by atoms with Crippen LogP contribution < -0.4 is 10.1 Å². The van der Waals surface area contributed by atoms with E-state index in [0.717, 1.165) is 29.0 Å². The second kappa shape index (κ2) is 6.96. The molecule has 3 aromatic rings. The molecule has 3 nitrogen and oxygen atoms in total. The Kier molecular flexibility index (Phi) is 4.51. The first-order chi connectivity index (χ1) is 12.7. The van der Waals surface area contributed by atoms with Crippen molar-refractivity contribution >= 4 is 22.9 Å². The Morgan fingerprint density at radius 1 is 1.12 bits per heavy atom. The number of ether oxygens (including phenoxy) is 1. The Morgan fingerprint density at radius 2 is 1.85 bits per heavy atom. The minimum absolute atomic E-state index is 0.0789. The normalized spacial score (nSPS) is 16.1. The Hall–Kier alpha value is -2.59. The van der Waals surface area contributed by atoms with Crippen molar-refractivity contribution in [3.63, 3.8) is 0 Å². The van der Waals surface area contributed by atoms with Crippen LogP contribution in [-0.2, 0) is 11.2 Å². The van der Waals surface area contributed by atoms with E-state index in [0.29, 0.717) is 6.42 Å². The van der Waals surface area contributed by atoms with Crippen LogP contribution in [0.5, 0.6) is 5.75 Å². The average Bonchev–Trinajstić information content (AvgIpc) is 3.11. The largest absolute Gasteiger partial charge is 0.497 e. The summed E-state index contributed by atoms with van der Waals surface area (Å²) in [5.41, 5.74) is 5.66. The lowest BCUT2D eigenvalue weighted by Gasteiger charge is -2.24. The van der Waals surface area contributed by atoms with Crippen LogP contribution in [0.4, 0.5) is 5.69 Å². The molecule has 1 amide bonds. The lowest BCUT2D eigenvalue weighted by molar-refractivity contribution is -0.116. The fraction of sp³-hybridized carbons (Fsp3) is 0.227. The summed E-state index contributed by atoms with van der Waals surface area (Å²) in [6, 6.07) is 16.6. The van der Waals surface area contributed by atoms with Crippen LogP contribution >= 0.6 is 11.3 Å². The first kappa shape index (κ1) is 16.9. The van der Waals surface area contributed by atoms with E-state index in [4.69, 9.17) is 4.74 Å². The van der Waals surface area contributed by atoms with Gasteiger partial charge in [0.15, 0.2) is 0 Å². The van der Waals surface area contributed by atoms with Crippen LogP contribution in [0.3, 0.4) is 0 Å². The van der Waals surface area contributed by atoms with Crippen molar-refractivity contribution in [1.82, 2.24) is 0 Å². The predicted octanol–water partition coefficient (Wildman–Crippen LogP) is 5.46. The van der Waals surface area contributed by atoms with E-state index in [9.17, 15) is 4.79 Å². The number of anilines is 1. The SMILES string of the molecule is CCc1ccc([C@H]2CC(=O)Nc3c(-c4ccc(OC)cc4)csc32)cc1. The van der Waals surface area contributed by atoms with E-state index in [-0.39, 0.29) is 11.8 Å². The number of carbonyl (C=O) groups is 1. The fourth-order valence-corrected chi connectivity index (χ4v) is 4.63. The van der Waals surface area contributed by atoms with E-state index in [1.807, 2.05) is 24.3 Å². The van der Waals surface area contributed by atoms with E-state index in [1.54, 1.807) is 18.4 Å². The van der Waals surface area contributed by atoms with E-state index in [2.05, 4.69) is 41.9 Å². The summed E-state index contributed by atoms with van der Waals surface area (Å²) in [5.74, 6) is 1.03. The number of hydrogen-bond acceptors (Lipinski definition) is 3. The molecule has 0 unspecified atom stereocenters. The molecule has 0 fully saturated rings. The minimum Gasteiger partial charge on any atom is -0.497 e. The number of nitrogens with one attached hydrogen (secondary N) is 1. The van der Waals surface area contributed by atoms with Gasteiger partial charge in [-0.25, -0.2) is 0 Å².